The molecule has 12 heteroatoms. The molecule has 198 valence electrons. The lowest BCUT2D eigenvalue weighted by Gasteiger charge is -2.31. The highest BCUT2D eigenvalue weighted by molar-refractivity contribution is 7.99. The Kier molecular flexibility index (Phi) is 7.41. The van der Waals surface area contributed by atoms with E-state index in [1.807, 2.05) is 0 Å². The van der Waals surface area contributed by atoms with Crippen LogP contribution in [0.4, 0.5) is 17.6 Å². The maximum atomic E-state index is 14.6. The van der Waals surface area contributed by atoms with Gasteiger partial charge in [-0.15, -0.1) is 0 Å². The number of alkyl halides is 3. The van der Waals surface area contributed by atoms with E-state index in [9.17, 15) is 22.4 Å². The van der Waals surface area contributed by atoms with E-state index in [1.54, 1.807) is 30.6 Å². The Morgan fingerprint density at radius 2 is 1.71 bits per heavy atom. The molecule has 1 aliphatic heterocycles. The highest BCUT2D eigenvalue weighted by atomic mass is 35.5. The maximum absolute atomic E-state index is 14.6. The Labute approximate surface area is 230 Å². The van der Waals surface area contributed by atoms with Crippen molar-refractivity contribution in [3.8, 4) is 0 Å². The summed E-state index contributed by atoms with van der Waals surface area (Å²) in [5.74, 6) is -0.807. The third-order valence-corrected chi connectivity index (χ3v) is 8.54. The fourth-order valence-electron chi connectivity index (χ4n) is 4.86. The lowest BCUT2D eigenvalue weighted by molar-refractivity contribution is -0.159. The summed E-state index contributed by atoms with van der Waals surface area (Å²) >= 11 is 12.1. The molecule has 2 heterocycles. The SMILES string of the molecule is O=C(NCc1ncccn1)c1ccc(C2=NSC(c3cc(Cl)c(F)c(Cl)c3)(C(F)(F)F)C2)c2c1CCCC2. The Hall–Kier alpha value is -2.69. The number of hydrogen-bond acceptors (Lipinski definition) is 5. The first-order valence-corrected chi connectivity index (χ1v) is 13.3. The molecule has 1 unspecified atom stereocenters. The number of rotatable bonds is 5. The summed E-state index contributed by atoms with van der Waals surface area (Å²) in [5, 5.41) is 1.85. The van der Waals surface area contributed by atoms with E-state index in [1.165, 1.54) is 0 Å². The Morgan fingerprint density at radius 3 is 2.37 bits per heavy atom. The predicted octanol–water partition coefficient (Wildman–Crippen LogP) is 7.03. The van der Waals surface area contributed by atoms with Crippen molar-refractivity contribution in [3.63, 3.8) is 0 Å². The van der Waals surface area contributed by atoms with Gasteiger partial charge in [0.05, 0.1) is 22.3 Å². The van der Waals surface area contributed by atoms with Crippen LogP contribution in [-0.4, -0.2) is 27.8 Å². The first-order chi connectivity index (χ1) is 18.1. The zero-order chi connectivity index (χ0) is 27.1. The third-order valence-electron chi connectivity index (χ3n) is 6.75. The summed E-state index contributed by atoms with van der Waals surface area (Å²) in [5.41, 5.74) is 2.69. The molecule has 0 fully saturated rings. The number of nitrogens with one attached hydrogen (secondary N) is 1. The molecule has 0 saturated carbocycles. The fourth-order valence-corrected chi connectivity index (χ4v) is 6.31. The Bertz CT molecular complexity index is 1410. The minimum absolute atomic E-state index is 0.149. The van der Waals surface area contributed by atoms with Gasteiger partial charge in [0.1, 0.15) is 5.82 Å². The molecule has 0 radical (unpaired) electrons. The molecule has 0 spiro atoms. The molecule has 5 nitrogen and oxygen atoms in total. The quantitative estimate of drug-likeness (QED) is 0.199. The van der Waals surface area contributed by atoms with Crippen LogP contribution in [0.2, 0.25) is 10.0 Å². The first-order valence-electron chi connectivity index (χ1n) is 11.8. The smallest absolute Gasteiger partial charge is 0.345 e. The lowest BCUT2D eigenvalue weighted by atomic mass is 9.81. The molecule has 0 saturated heterocycles. The van der Waals surface area contributed by atoms with Gasteiger partial charge >= 0.3 is 6.18 Å². The topological polar surface area (TPSA) is 67.2 Å². The number of fused-ring (bicyclic) bond motifs is 1. The normalized spacial score (nSPS) is 19.2. The van der Waals surface area contributed by atoms with Crippen LogP contribution in [-0.2, 0) is 24.1 Å². The number of benzene rings is 2. The van der Waals surface area contributed by atoms with Crippen molar-refractivity contribution < 1.29 is 22.4 Å². The zero-order valence-corrected chi connectivity index (χ0v) is 22.0. The van der Waals surface area contributed by atoms with E-state index in [0.29, 0.717) is 41.7 Å². The monoisotopic (exact) mass is 582 g/mol. The van der Waals surface area contributed by atoms with Gasteiger partial charge < -0.3 is 5.32 Å². The molecule has 1 atom stereocenters. The van der Waals surface area contributed by atoms with Gasteiger partial charge in [-0.2, -0.15) is 13.2 Å². The molecule has 3 aromatic rings. The molecule has 1 aliphatic carbocycles. The van der Waals surface area contributed by atoms with Crippen molar-refractivity contribution in [3.05, 3.63) is 92.2 Å². The van der Waals surface area contributed by atoms with Crippen LogP contribution in [0.15, 0.2) is 47.1 Å². The van der Waals surface area contributed by atoms with Gasteiger partial charge in [-0.3, -0.25) is 4.79 Å². The number of halogens is 6. The van der Waals surface area contributed by atoms with Crippen molar-refractivity contribution in [2.24, 2.45) is 4.40 Å². The third kappa shape index (κ3) is 4.89. The summed E-state index contributed by atoms with van der Waals surface area (Å²) in [6.45, 7) is 0.149. The van der Waals surface area contributed by atoms with Crippen LogP contribution in [0.5, 0.6) is 0 Å². The molecule has 1 amide bonds. The van der Waals surface area contributed by atoms with E-state index in [0.717, 1.165) is 36.1 Å². The molecule has 0 bridgehead atoms. The predicted molar refractivity (Wildman–Crippen MR) is 139 cm³/mol. The van der Waals surface area contributed by atoms with Gasteiger partial charge in [-0.05, 0) is 78.6 Å². The summed E-state index contributed by atoms with van der Waals surface area (Å²) in [6.07, 6.45) is 0.901. The number of carbonyl (C=O) groups excluding carboxylic acids is 1. The van der Waals surface area contributed by atoms with E-state index in [2.05, 4.69) is 19.7 Å². The molecule has 2 aromatic carbocycles. The average Bonchev–Trinajstić information content (AvgIpc) is 3.37. The summed E-state index contributed by atoms with van der Waals surface area (Å²) < 4.78 is 59.4. The van der Waals surface area contributed by atoms with Gasteiger partial charge in [0.15, 0.2) is 10.6 Å². The van der Waals surface area contributed by atoms with Gasteiger partial charge in [0.25, 0.3) is 5.91 Å². The Balaban J connectivity index is 1.47. The minimum Gasteiger partial charge on any atom is -0.345 e. The van der Waals surface area contributed by atoms with Crippen molar-refractivity contribution in [1.82, 2.24) is 15.3 Å². The van der Waals surface area contributed by atoms with Gasteiger partial charge in [-0.25, -0.2) is 18.8 Å². The molecular weight excluding hydrogens is 563 g/mol. The van der Waals surface area contributed by atoms with Crippen LogP contribution >= 0.6 is 35.1 Å². The van der Waals surface area contributed by atoms with Gasteiger partial charge in [0.2, 0.25) is 0 Å². The zero-order valence-electron chi connectivity index (χ0n) is 19.7. The molecule has 1 N–H and O–H groups in total. The number of nitrogens with zero attached hydrogens (tertiary/aromatic N) is 3. The highest BCUT2D eigenvalue weighted by Crippen LogP contribution is 2.57. The molecule has 2 aliphatic rings. The average molecular weight is 583 g/mol. The first kappa shape index (κ1) is 26.9. The lowest BCUT2D eigenvalue weighted by Crippen LogP contribution is -2.39. The second-order valence-electron chi connectivity index (χ2n) is 9.06. The second kappa shape index (κ2) is 10.5. The highest BCUT2D eigenvalue weighted by Gasteiger charge is 2.60. The number of amides is 1. The number of carbonyl (C=O) groups is 1. The van der Waals surface area contributed by atoms with Gasteiger partial charge in [-0.1, -0.05) is 29.3 Å². The summed E-state index contributed by atoms with van der Waals surface area (Å²) in [6, 6.07) is 6.89. The summed E-state index contributed by atoms with van der Waals surface area (Å²) in [4.78, 5) is 21.2. The maximum Gasteiger partial charge on any atom is 0.409 e. The van der Waals surface area contributed by atoms with Crippen LogP contribution in [0.25, 0.3) is 0 Å². The second-order valence-corrected chi connectivity index (χ2v) is 10.9. The fraction of sp³-hybridized carbons (Fsp3) is 0.308. The largest absolute Gasteiger partial charge is 0.409 e. The van der Waals surface area contributed by atoms with E-state index in [4.69, 9.17) is 23.2 Å². The number of aromatic nitrogens is 2. The van der Waals surface area contributed by atoms with Crippen molar-refractivity contribution in [2.45, 2.75) is 49.6 Å². The summed E-state index contributed by atoms with van der Waals surface area (Å²) in [7, 11) is 0. The van der Waals surface area contributed by atoms with E-state index in [-0.39, 0.29) is 23.7 Å². The van der Waals surface area contributed by atoms with E-state index < -0.39 is 33.2 Å². The van der Waals surface area contributed by atoms with Crippen molar-refractivity contribution in [2.75, 3.05) is 0 Å². The van der Waals surface area contributed by atoms with Crippen molar-refractivity contribution in [1.29, 1.82) is 0 Å². The van der Waals surface area contributed by atoms with Crippen LogP contribution in [0, 0.1) is 5.82 Å². The molecular formula is C26H20Cl2F4N4OS. The van der Waals surface area contributed by atoms with Crippen LogP contribution in [0.1, 0.15) is 57.7 Å². The Morgan fingerprint density at radius 1 is 1.05 bits per heavy atom. The van der Waals surface area contributed by atoms with Crippen molar-refractivity contribution >= 4 is 46.8 Å². The van der Waals surface area contributed by atoms with Crippen LogP contribution < -0.4 is 5.32 Å². The van der Waals surface area contributed by atoms with Crippen LogP contribution in [0.3, 0.4) is 0 Å². The molecule has 1 aromatic heterocycles. The number of hydrogen-bond donors (Lipinski definition) is 1. The standard InChI is InChI=1S/C26H20Cl2F4N4OS/c27-19-10-14(11-20(28)23(19)29)25(26(30,31)32)12-21(36-38-25)17-6-7-18(16-5-2-1-4-15(16)17)24(37)35-13-22-33-8-3-9-34-22/h3,6-11H,1-2,4-5,12-13H2,(H,35,37). The van der Waals surface area contributed by atoms with Gasteiger partial charge in [0, 0.05) is 29.9 Å². The minimum atomic E-state index is -4.73. The molecule has 38 heavy (non-hydrogen) atoms. The van der Waals surface area contributed by atoms with E-state index >= 15 is 0 Å². The molecule has 5 rings (SSSR count).